The Morgan fingerprint density at radius 3 is 2.77 bits per heavy atom. The zero-order valence-corrected chi connectivity index (χ0v) is 13.3. The second-order valence-electron chi connectivity index (χ2n) is 5.31. The highest BCUT2D eigenvalue weighted by Gasteiger charge is 2.25. The number of rotatable bonds is 3. The minimum absolute atomic E-state index is 0.0941. The number of hydrogen-bond donors (Lipinski definition) is 1. The summed E-state index contributed by atoms with van der Waals surface area (Å²) in [5, 5.41) is 3.50. The molecule has 3 nitrogen and oxygen atoms in total. The van der Waals surface area contributed by atoms with Crippen LogP contribution in [0.3, 0.4) is 0 Å². The van der Waals surface area contributed by atoms with Crippen LogP contribution in [0.1, 0.15) is 18.1 Å². The van der Waals surface area contributed by atoms with Crippen molar-refractivity contribution in [2.75, 3.05) is 16.8 Å². The van der Waals surface area contributed by atoms with Crippen molar-refractivity contribution in [3.8, 4) is 0 Å². The maximum Gasteiger partial charge on any atom is 0.257 e. The second kappa shape index (κ2) is 5.85. The molecule has 2 aromatic carbocycles. The lowest BCUT2D eigenvalue weighted by atomic mass is 10.1. The van der Waals surface area contributed by atoms with Crippen molar-refractivity contribution in [1.82, 2.24) is 0 Å². The number of halogens is 1. The number of nitrogens with zero attached hydrogens (tertiary/aromatic N) is 1. The van der Waals surface area contributed by atoms with Crippen molar-refractivity contribution in [2.24, 2.45) is 0 Å². The summed E-state index contributed by atoms with van der Waals surface area (Å²) in [4.78, 5) is 14.3. The molecular weight excluding hydrogens is 296 g/mol. The minimum Gasteiger partial charge on any atom is -0.347 e. The van der Waals surface area contributed by atoms with E-state index < -0.39 is 0 Å². The summed E-state index contributed by atoms with van der Waals surface area (Å²) in [6.45, 7) is 4.89. The van der Waals surface area contributed by atoms with Gasteiger partial charge < -0.3 is 10.2 Å². The van der Waals surface area contributed by atoms with E-state index in [1.807, 2.05) is 30.5 Å². The highest BCUT2D eigenvalue weighted by atomic mass is 35.5. The Morgan fingerprint density at radius 1 is 1.23 bits per heavy atom. The molecule has 0 aromatic heterocycles. The van der Waals surface area contributed by atoms with E-state index in [9.17, 15) is 4.79 Å². The Hall–Kier alpha value is -2.26. The fraction of sp³-hybridized carbons (Fsp3) is 0.167. The third-order valence-corrected chi connectivity index (χ3v) is 3.96. The Kier molecular flexibility index (Phi) is 3.90. The van der Waals surface area contributed by atoms with Crippen LogP contribution in [0, 0.1) is 6.92 Å². The fourth-order valence-corrected chi connectivity index (χ4v) is 2.77. The van der Waals surface area contributed by atoms with Crippen LogP contribution >= 0.6 is 11.6 Å². The summed E-state index contributed by atoms with van der Waals surface area (Å²) in [5.74, 6) is -0.0941. The SMILES string of the molecule is CCN(/C=C1/C(=O)Nc2ccc(Cl)cc21)c1cccc(C)c1. The van der Waals surface area contributed by atoms with E-state index in [4.69, 9.17) is 11.6 Å². The van der Waals surface area contributed by atoms with Gasteiger partial charge in [0.2, 0.25) is 0 Å². The summed E-state index contributed by atoms with van der Waals surface area (Å²) in [5.41, 5.74) is 4.55. The van der Waals surface area contributed by atoms with Crippen LogP contribution in [-0.2, 0) is 4.79 Å². The topological polar surface area (TPSA) is 32.3 Å². The number of hydrogen-bond acceptors (Lipinski definition) is 2. The van der Waals surface area contributed by atoms with Crippen LogP contribution in [0.5, 0.6) is 0 Å². The molecule has 112 valence electrons. The first-order valence-corrected chi connectivity index (χ1v) is 7.62. The Labute approximate surface area is 135 Å². The largest absolute Gasteiger partial charge is 0.347 e. The average molecular weight is 313 g/mol. The zero-order chi connectivity index (χ0) is 15.7. The van der Waals surface area contributed by atoms with E-state index >= 15 is 0 Å². The number of aryl methyl sites for hydroxylation is 1. The Morgan fingerprint density at radius 2 is 2.05 bits per heavy atom. The lowest BCUT2D eigenvalue weighted by molar-refractivity contribution is -0.110. The molecular formula is C18H17ClN2O. The summed E-state index contributed by atoms with van der Waals surface area (Å²) in [6.07, 6.45) is 1.90. The van der Waals surface area contributed by atoms with Crippen LogP contribution in [0.15, 0.2) is 48.7 Å². The Bertz CT molecular complexity index is 767. The molecule has 0 saturated carbocycles. The van der Waals surface area contributed by atoms with Crippen molar-refractivity contribution in [3.63, 3.8) is 0 Å². The average Bonchev–Trinajstić information content (AvgIpc) is 2.80. The van der Waals surface area contributed by atoms with Crippen LogP contribution in [0.4, 0.5) is 11.4 Å². The van der Waals surface area contributed by atoms with Gasteiger partial charge in [-0.1, -0.05) is 23.7 Å². The van der Waals surface area contributed by atoms with E-state index in [-0.39, 0.29) is 5.91 Å². The molecule has 0 saturated heterocycles. The van der Waals surface area contributed by atoms with Gasteiger partial charge in [-0.15, -0.1) is 0 Å². The van der Waals surface area contributed by atoms with E-state index in [2.05, 4.69) is 36.2 Å². The normalized spacial score (nSPS) is 14.9. The third kappa shape index (κ3) is 2.72. The van der Waals surface area contributed by atoms with Crippen molar-refractivity contribution < 1.29 is 4.79 Å². The Balaban J connectivity index is 2.04. The molecule has 1 aliphatic heterocycles. The predicted molar refractivity (Wildman–Crippen MR) is 92.3 cm³/mol. The molecule has 3 rings (SSSR count). The molecule has 1 N–H and O–H groups in total. The highest BCUT2D eigenvalue weighted by molar-refractivity contribution is 6.34. The minimum atomic E-state index is -0.0941. The molecule has 0 radical (unpaired) electrons. The molecule has 0 bridgehead atoms. The van der Waals surface area contributed by atoms with Gasteiger partial charge in [-0.25, -0.2) is 0 Å². The van der Waals surface area contributed by atoms with Gasteiger partial charge in [0.1, 0.15) is 0 Å². The number of amides is 1. The number of benzene rings is 2. The van der Waals surface area contributed by atoms with Gasteiger partial charge in [-0.05, 0) is 49.7 Å². The van der Waals surface area contributed by atoms with Crippen LogP contribution in [0.2, 0.25) is 5.02 Å². The van der Waals surface area contributed by atoms with Crippen molar-refractivity contribution in [3.05, 3.63) is 64.8 Å². The molecule has 0 spiro atoms. The van der Waals surface area contributed by atoms with E-state index in [0.717, 1.165) is 23.5 Å². The van der Waals surface area contributed by atoms with Gasteiger partial charge >= 0.3 is 0 Å². The number of carbonyl (C=O) groups is 1. The fourth-order valence-electron chi connectivity index (χ4n) is 2.60. The zero-order valence-electron chi connectivity index (χ0n) is 12.6. The quantitative estimate of drug-likeness (QED) is 0.848. The summed E-state index contributed by atoms with van der Waals surface area (Å²) >= 11 is 6.06. The summed E-state index contributed by atoms with van der Waals surface area (Å²) in [6, 6.07) is 13.7. The van der Waals surface area contributed by atoms with Gasteiger partial charge in [0.15, 0.2) is 0 Å². The number of fused-ring (bicyclic) bond motifs is 1. The highest BCUT2D eigenvalue weighted by Crippen LogP contribution is 2.34. The van der Waals surface area contributed by atoms with E-state index in [0.29, 0.717) is 10.6 Å². The van der Waals surface area contributed by atoms with Crippen LogP contribution in [-0.4, -0.2) is 12.5 Å². The molecule has 22 heavy (non-hydrogen) atoms. The molecule has 4 heteroatoms. The van der Waals surface area contributed by atoms with Crippen molar-refractivity contribution in [2.45, 2.75) is 13.8 Å². The van der Waals surface area contributed by atoms with E-state index in [1.54, 1.807) is 6.07 Å². The maximum atomic E-state index is 12.2. The maximum absolute atomic E-state index is 12.2. The van der Waals surface area contributed by atoms with Gasteiger partial charge in [0.25, 0.3) is 5.91 Å². The van der Waals surface area contributed by atoms with Gasteiger partial charge in [0.05, 0.1) is 5.57 Å². The summed E-state index contributed by atoms with van der Waals surface area (Å²) < 4.78 is 0. The second-order valence-corrected chi connectivity index (χ2v) is 5.75. The van der Waals surface area contributed by atoms with E-state index in [1.165, 1.54) is 5.56 Å². The first kappa shape index (κ1) is 14.7. The van der Waals surface area contributed by atoms with Gasteiger partial charge in [-0.3, -0.25) is 4.79 Å². The summed E-state index contributed by atoms with van der Waals surface area (Å²) in [7, 11) is 0. The van der Waals surface area contributed by atoms with Crippen LogP contribution < -0.4 is 10.2 Å². The molecule has 1 amide bonds. The third-order valence-electron chi connectivity index (χ3n) is 3.72. The lowest BCUT2D eigenvalue weighted by Gasteiger charge is -2.19. The molecule has 1 heterocycles. The van der Waals surface area contributed by atoms with Gasteiger partial charge in [0, 0.05) is 34.7 Å². The molecule has 0 atom stereocenters. The first-order valence-electron chi connectivity index (χ1n) is 7.25. The lowest BCUT2D eigenvalue weighted by Crippen LogP contribution is -2.17. The van der Waals surface area contributed by atoms with Gasteiger partial charge in [-0.2, -0.15) is 0 Å². The predicted octanol–water partition coefficient (Wildman–Crippen LogP) is 4.47. The molecule has 0 aliphatic carbocycles. The molecule has 1 aliphatic rings. The number of anilines is 2. The smallest absolute Gasteiger partial charge is 0.257 e. The molecule has 0 unspecified atom stereocenters. The number of carbonyl (C=O) groups excluding carboxylic acids is 1. The van der Waals surface area contributed by atoms with Crippen molar-refractivity contribution >= 4 is 34.5 Å². The molecule has 2 aromatic rings. The monoisotopic (exact) mass is 312 g/mol. The van der Waals surface area contributed by atoms with Crippen molar-refractivity contribution in [1.29, 1.82) is 0 Å². The van der Waals surface area contributed by atoms with Crippen LogP contribution in [0.25, 0.3) is 5.57 Å². The standard InChI is InChI=1S/C18H17ClN2O/c1-3-21(14-6-4-5-12(2)9-14)11-16-15-10-13(19)7-8-17(15)20-18(16)22/h4-11H,3H2,1-2H3,(H,20,22)/b16-11+. The first-order chi connectivity index (χ1) is 10.6. The number of nitrogens with one attached hydrogen (secondary N) is 1. The molecule has 0 fully saturated rings.